The summed E-state index contributed by atoms with van der Waals surface area (Å²) in [6.07, 6.45) is 1.85. The SMILES string of the molecule is COCCOc1ccc2nc(-c3cn(-c4ccc(Cl)cc4)nn3)ccc2c1. The Balaban J connectivity index is 1.59. The second kappa shape index (κ2) is 7.73. The molecule has 0 saturated carbocycles. The van der Waals surface area contributed by atoms with Gasteiger partial charge in [-0.3, -0.25) is 0 Å². The summed E-state index contributed by atoms with van der Waals surface area (Å²) in [5.74, 6) is 0.794. The fraction of sp³-hybridized carbons (Fsp3) is 0.150. The van der Waals surface area contributed by atoms with E-state index in [4.69, 9.17) is 21.1 Å². The van der Waals surface area contributed by atoms with E-state index < -0.39 is 0 Å². The van der Waals surface area contributed by atoms with Crippen molar-refractivity contribution in [2.45, 2.75) is 0 Å². The molecule has 0 saturated heterocycles. The Kier molecular flexibility index (Phi) is 5.00. The number of benzene rings is 2. The van der Waals surface area contributed by atoms with E-state index in [1.807, 2.05) is 60.8 Å². The standard InChI is InChI=1S/C20H17ClN4O2/c1-26-10-11-27-17-7-9-18-14(12-17)2-8-19(22-18)20-13-25(24-23-20)16-5-3-15(21)4-6-16/h2-9,12-13H,10-11H2,1H3. The van der Waals surface area contributed by atoms with Gasteiger partial charge in [0, 0.05) is 17.5 Å². The number of pyridine rings is 1. The lowest BCUT2D eigenvalue weighted by Crippen LogP contribution is -2.04. The maximum atomic E-state index is 5.93. The molecule has 4 aromatic rings. The van der Waals surface area contributed by atoms with Gasteiger partial charge in [0.1, 0.15) is 18.1 Å². The normalized spacial score (nSPS) is 11.0. The minimum absolute atomic E-state index is 0.515. The highest BCUT2D eigenvalue weighted by molar-refractivity contribution is 6.30. The van der Waals surface area contributed by atoms with Crippen LogP contribution in [0.2, 0.25) is 5.02 Å². The summed E-state index contributed by atoms with van der Waals surface area (Å²) in [7, 11) is 1.65. The largest absolute Gasteiger partial charge is 0.491 e. The fourth-order valence-corrected chi connectivity index (χ4v) is 2.81. The van der Waals surface area contributed by atoms with Crippen LogP contribution >= 0.6 is 11.6 Å². The quantitative estimate of drug-likeness (QED) is 0.470. The lowest BCUT2D eigenvalue weighted by molar-refractivity contribution is 0.146. The Morgan fingerprint density at radius 1 is 0.963 bits per heavy atom. The number of nitrogens with zero attached hydrogens (tertiary/aromatic N) is 4. The van der Waals surface area contributed by atoms with Crippen LogP contribution < -0.4 is 4.74 Å². The van der Waals surface area contributed by atoms with E-state index in [0.29, 0.717) is 23.9 Å². The molecule has 2 aromatic carbocycles. The van der Waals surface area contributed by atoms with Crippen LogP contribution in [0.25, 0.3) is 28.0 Å². The topological polar surface area (TPSA) is 62.1 Å². The first-order valence-electron chi connectivity index (χ1n) is 8.44. The number of hydrogen-bond acceptors (Lipinski definition) is 5. The second-order valence-corrected chi connectivity index (χ2v) is 6.35. The molecule has 2 aromatic heterocycles. The molecule has 4 rings (SSSR count). The van der Waals surface area contributed by atoms with Gasteiger partial charge in [-0.25, -0.2) is 9.67 Å². The Labute approximate surface area is 161 Å². The van der Waals surface area contributed by atoms with Gasteiger partial charge in [-0.15, -0.1) is 5.10 Å². The number of aromatic nitrogens is 4. The van der Waals surface area contributed by atoms with Crippen LogP contribution in [0.1, 0.15) is 0 Å². The molecule has 6 nitrogen and oxygen atoms in total. The van der Waals surface area contributed by atoms with Crippen molar-refractivity contribution in [3.63, 3.8) is 0 Å². The lowest BCUT2D eigenvalue weighted by atomic mass is 10.2. The molecular weight excluding hydrogens is 364 g/mol. The van der Waals surface area contributed by atoms with Crippen molar-refractivity contribution in [1.82, 2.24) is 20.0 Å². The van der Waals surface area contributed by atoms with E-state index in [9.17, 15) is 0 Å². The molecule has 0 atom stereocenters. The molecule has 0 spiro atoms. The number of hydrogen-bond donors (Lipinski definition) is 0. The van der Waals surface area contributed by atoms with Crippen molar-refractivity contribution in [3.05, 3.63) is 65.8 Å². The summed E-state index contributed by atoms with van der Waals surface area (Å²) >= 11 is 5.93. The number of methoxy groups -OCH3 is 1. The minimum atomic E-state index is 0.515. The number of halogens is 1. The van der Waals surface area contributed by atoms with Crippen LogP contribution in [-0.2, 0) is 4.74 Å². The van der Waals surface area contributed by atoms with Gasteiger partial charge in [-0.1, -0.05) is 22.9 Å². The predicted molar refractivity (Wildman–Crippen MR) is 104 cm³/mol. The molecule has 0 unspecified atom stereocenters. The summed E-state index contributed by atoms with van der Waals surface area (Å²) in [5, 5.41) is 10.1. The molecule has 0 N–H and O–H groups in total. The summed E-state index contributed by atoms with van der Waals surface area (Å²) in [6.45, 7) is 1.07. The molecule has 7 heteroatoms. The maximum Gasteiger partial charge on any atom is 0.131 e. The Bertz CT molecular complexity index is 1060. The van der Waals surface area contributed by atoms with Gasteiger partial charge in [0.2, 0.25) is 0 Å². The average molecular weight is 381 g/mol. The van der Waals surface area contributed by atoms with Gasteiger partial charge < -0.3 is 9.47 Å². The van der Waals surface area contributed by atoms with Crippen molar-refractivity contribution >= 4 is 22.5 Å². The molecule has 0 aliphatic carbocycles. The summed E-state index contributed by atoms with van der Waals surface area (Å²) in [4.78, 5) is 4.69. The zero-order valence-electron chi connectivity index (χ0n) is 14.7. The smallest absolute Gasteiger partial charge is 0.131 e. The first kappa shape index (κ1) is 17.5. The van der Waals surface area contributed by atoms with Crippen LogP contribution in [0.15, 0.2) is 60.8 Å². The van der Waals surface area contributed by atoms with Crippen molar-refractivity contribution in [3.8, 4) is 22.8 Å². The highest BCUT2D eigenvalue weighted by atomic mass is 35.5. The highest BCUT2D eigenvalue weighted by Crippen LogP contribution is 2.23. The van der Waals surface area contributed by atoms with Gasteiger partial charge in [-0.05, 0) is 48.5 Å². The van der Waals surface area contributed by atoms with Crippen molar-refractivity contribution < 1.29 is 9.47 Å². The maximum absolute atomic E-state index is 5.93. The third kappa shape index (κ3) is 3.92. The van der Waals surface area contributed by atoms with Gasteiger partial charge in [0.25, 0.3) is 0 Å². The van der Waals surface area contributed by atoms with Crippen LogP contribution in [0.4, 0.5) is 0 Å². The number of fused-ring (bicyclic) bond motifs is 1. The Morgan fingerprint density at radius 2 is 1.81 bits per heavy atom. The molecule has 0 fully saturated rings. The molecule has 0 radical (unpaired) electrons. The van der Waals surface area contributed by atoms with E-state index in [1.54, 1.807) is 11.8 Å². The van der Waals surface area contributed by atoms with E-state index in [-0.39, 0.29) is 0 Å². The van der Waals surface area contributed by atoms with Gasteiger partial charge in [0.05, 0.1) is 29.7 Å². The molecule has 0 aliphatic rings. The predicted octanol–water partition coefficient (Wildman–Crippen LogP) is 4.16. The van der Waals surface area contributed by atoms with E-state index >= 15 is 0 Å². The van der Waals surface area contributed by atoms with E-state index in [0.717, 1.165) is 28.0 Å². The third-order valence-corrected chi connectivity index (χ3v) is 4.32. The van der Waals surface area contributed by atoms with Crippen LogP contribution in [0.3, 0.4) is 0 Å². The van der Waals surface area contributed by atoms with Crippen molar-refractivity contribution in [2.24, 2.45) is 0 Å². The van der Waals surface area contributed by atoms with Gasteiger partial charge in [-0.2, -0.15) is 0 Å². The lowest BCUT2D eigenvalue weighted by Gasteiger charge is -2.07. The monoisotopic (exact) mass is 380 g/mol. The van der Waals surface area contributed by atoms with Crippen molar-refractivity contribution in [2.75, 3.05) is 20.3 Å². The minimum Gasteiger partial charge on any atom is -0.491 e. The molecular formula is C20H17ClN4O2. The zero-order chi connectivity index (χ0) is 18.6. The summed E-state index contributed by atoms with van der Waals surface area (Å²) in [5.41, 5.74) is 3.22. The molecule has 27 heavy (non-hydrogen) atoms. The van der Waals surface area contributed by atoms with Gasteiger partial charge in [0.15, 0.2) is 0 Å². The van der Waals surface area contributed by atoms with Gasteiger partial charge >= 0.3 is 0 Å². The first-order chi connectivity index (χ1) is 13.2. The highest BCUT2D eigenvalue weighted by Gasteiger charge is 2.08. The van der Waals surface area contributed by atoms with E-state index in [2.05, 4.69) is 15.3 Å². The van der Waals surface area contributed by atoms with Crippen molar-refractivity contribution in [1.29, 1.82) is 0 Å². The molecule has 2 heterocycles. The first-order valence-corrected chi connectivity index (χ1v) is 8.82. The fourth-order valence-electron chi connectivity index (χ4n) is 2.68. The number of ether oxygens (including phenoxy) is 2. The molecule has 136 valence electrons. The van der Waals surface area contributed by atoms with Crippen LogP contribution in [-0.4, -0.2) is 40.3 Å². The molecule has 0 bridgehead atoms. The van der Waals surface area contributed by atoms with Crippen LogP contribution in [0.5, 0.6) is 5.75 Å². The third-order valence-electron chi connectivity index (χ3n) is 4.06. The molecule has 0 amide bonds. The van der Waals surface area contributed by atoms with E-state index in [1.165, 1.54) is 0 Å². The summed E-state index contributed by atoms with van der Waals surface area (Å²) in [6, 6.07) is 17.1. The Hall–Kier alpha value is -2.96. The number of rotatable bonds is 6. The zero-order valence-corrected chi connectivity index (χ0v) is 15.4. The second-order valence-electron chi connectivity index (χ2n) is 5.92. The summed E-state index contributed by atoms with van der Waals surface area (Å²) < 4.78 is 12.3. The average Bonchev–Trinajstić information content (AvgIpc) is 3.18. The Morgan fingerprint density at radius 3 is 2.63 bits per heavy atom. The van der Waals surface area contributed by atoms with Crippen LogP contribution in [0, 0.1) is 0 Å². The molecule has 0 aliphatic heterocycles.